The van der Waals surface area contributed by atoms with E-state index < -0.39 is 17.9 Å². The summed E-state index contributed by atoms with van der Waals surface area (Å²) in [6.45, 7) is 1.21. The largest absolute Gasteiger partial charge is 0.481 e. The number of ether oxygens (including phenoxy) is 1. The van der Waals surface area contributed by atoms with Gasteiger partial charge in [0.2, 0.25) is 0 Å². The highest BCUT2D eigenvalue weighted by Crippen LogP contribution is 2.10. The van der Waals surface area contributed by atoms with Crippen LogP contribution in [0.25, 0.3) is 0 Å². The molecule has 0 heterocycles. The lowest BCUT2D eigenvalue weighted by molar-refractivity contribution is -0.159. The van der Waals surface area contributed by atoms with Crippen molar-refractivity contribution >= 4 is 11.9 Å². The molecule has 0 aliphatic rings. The van der Waals surface area contributed by atoms with E-state index in [4.69, 9.17) is 15.1 Å². The summed E-state index contributed by atoms with van der Waals surface area (Å²) >= 11 is 0. The van der Waals surface area contributed by atoms with Crippen molar-refractivity contribution in [2.24, 2.45) is 5.92 Å². The number of nitrogens with zero attached hydrogens (tertiary/aromatic N) is 1. The number of esters is 1. The number of unbranched alkanes of at least 4 members (excludes halogenated alkanes) is 3. The normalized spacial score (nSPS) is 11.6. The van der Waals surface area contributed by atoms with E-state index in [0.717, 1.165) is 32.2 Å². The predicted octanol–water partition coefficient (Wildman–Crippen LogP) is 1.31. The van der Waals surface area contributed by atoms with Crippen LogP contribution >= 0.6 is 0 Å². The first-order valence-corrected chi connectivity index (χ1v) is 6.54. The first-order valence-electron chi connectivity index (χ1n) is 6.54. The number of nitrogens with one attached hydrogen (secondary N) is 1. The average molecular weight is 270 g/mol. The van der Waals surface area contributed by atoms with Crippen LogP contribution in [0, 0.1) is 17.2 Å². The highest BCUT2D eigenvalue weighted by Gasteiger charge is 2.27. The van der Waals surface area contributed by atoms with Gasteiger partial charge in [-0.2, -0.15) is 5.26 Å². The number of rotatable bonds is 11. The van der Waals surface area contributed by atoms with Crippen LogP contribution in [0.4, 0.5) is 0 Å². The zero-order valence-electron chi connectivity index (χ0n) is 11.4. The molecule has 0 aromatic carbocycles. The Morgan fingerprint density at radius 2 is 2.00 bits per heavy atom. The van der Waals surface area contributed by atoms with Crippen LogP contribution in [0.1, 0.15) is 38.5 Å². The predicted molar refractivity (Wildman–Crippen MR) is 69.3 cm³/mol. The van der Waals surface area contributed by atoms with Crippen molar-refractivity contribution in [1.82, 2.24) is 5.32 Å². The number of nitriles is 1. The van der Waals surface area contributed by atoms with Gasteiger partial charge >= 0.3 is 11.9 Å². The van der Waals surface area contributed by atoms with Crippen LogP contribution in [0.5, 0.6) is 0 Å². The van der Waals surface area contributed by atoms with Gasteiger partial charge in [0.05, 0.1) is 12.7 Å². The van der Waals surface area contributed by atoms with Gasteiger partial charge in [0.25, 0.3) is 0 Å². The first kappa shape index (κ1) is 17.4. The number of carbonyl (C=O) groups excluding carboxylic acids is 1. The lowest BCUT2D eigenvalue weighted by atomic mass is 10.0. The van der Waals surface area contributed by atoms with Gasteiger partial charge < -0.3 is 15.2 Å². The fraction of sp³-hybridized carbons (Fsp3) is 0.769. The Hall–Kier alpha value is -1.61. The van der Waals surface area contributed by atoms with Crippen LogP contribution in [0.2, 0.25) is 0 Å². The number of hydrogen-bond acceptors (Lipinski definition) is 5. The summed E-state index contributed by atoms with van der Waals surface area (Å²) in [5.41, 5.74) is 0. The Balaban J connectivity index is 3.75. The molecule has 0 aliphatic carbocycles. The third kappa shape index (κ3) is 9.03. The van der Waals surface area contributed by atoms with Gasteiger partial charge in [0.1, 0.15) is 0 Å². The van der Waals surface area contributed by atoms with E-state index in [1.54, 1.807) is 0 Å². The van der Waals surface area contributed by atoms with Gasteiger partial charge in [-0.3, -0.25) is 9.59 Å². The van der Waals surface area contributed by atoms with E-state index in [-0.39, 0.29) is 19.4 Å². The third-order valence-corrected chi connectivity index (χ3v) is 2.69. The smallest absolute Gasteiger partial charge is 0.320 e. The second kappa shape index (κ2) is 11.5. The quantitative estimate of drug-likeness (QED) is 0.333. The minimum Gasteiger partial charge on any atom is -0.481 e. The summed E-state index contributed by atoms with van der Waals surface area (Å²) in [5.74, 6) is -3.18. The van der Waals surface area contributed by atoms with Gasteiger partial charge in [-0.05, 0) is 32.9 Å². The number of aliphatic carboxylic acids is 1. The van der Waals surface area contributed by atoms with Crippen LogP contribution in [0.15, 0.2) is 0 Å². The molecule has 0 rings (SSSR count). The molecule has 0 aliphatic heterocycles. The molecule has 0 aromatic rings. The summed E-state index contributed by atoms with van der Waals surface area (Å²) < 4.78 is 4.92. The van der Waals surface area contributed by atoms with E-state index in [1.165, 1.54) is 0 Å². The van der Waals surface area contributed by atoms with Crippen molar-refractivity contribution in [3.8, 4) is 6.07 Å². The first-order chi connectivity index (χ1) is 9.13. The second-order valence-electron chi connectivity index (χ2n) is 4.27. The highest BCUT2D eigenvalue weighted by molar-refractivity contribution is 5.93. The summed E-state index contributed by atoms with van der Waals surface area (Å²) in [6, 6.07) is 1.83. The Morgan fingerprint density at radius 3 is 2.58 bits per heavy atom. The molecule has 6 heteroatoms. The van der Waals surface area contributed by atoms with Gasteiger partial charge in [0.15, 0.2) is 5.92 Å². The average Bonchev–Trinajstić information content (AvgIpc) is 2.37. The molecule has 108 valence electrons. The third-order valence-electron chi connectivity index (χ3n) is 2.69. The standard InChI is InChI=1S/C13H22N2O4/c1-15-9-4-2-3-5-10-19-13(18)11(12(16)17)7-6-8-14/h11,15H,2-7,9-10H2,1H3,(H,16,17). The lowest BCUT2D eigenvalue weighted by Crippen LogP contribution is -2.26. The number of carboxylic acids is 1. The maximum absolute atomic E-state index is 11.5. The molecule has 1 unspecified atom stereocenters. The molecule has 0 fully saturated rings. The van der Waals surface area contributed by atoms with Crippen molar-refractivity contribution in [2.75, 3.05) is 20.2 Å². The van der Waals surface area contributed by atoms with Crippen LogP contribution in [0.3, 0.4) is 0 Å². The van der Waals surface area contributed by atoms with E-state index in [9.17, 15) is 9.59 Å². The minimum absolute atomic E-state index is 0.00678. The molecule has 6 nitrogen and oxygen atoms in total. The summed E-state index contributed by atoms with van der Waals surface area (Å²) in [4.78, 5) is 22.3. The Morgan fingerprint density at radius 1 is 1.32 bits per heavy atom. The molecule has 19 heavy (non-hydrogen) atoms. The van der Waals surface area contributed by atoms with Crippen molar-refractivity contribution in [3.63, 3.8) is 0 Å². The number of carbonyl (C=O) groups is 2. The van der Waals surface area contributed by atoms with Crippen LogP contribution in [-0.4, -0.2) is 37.2 Å². The van der Waals surface area contributed by atoms with E-state index in [2.05, 4.69) is 5.32 Å². The van der Waals surface area contributed by atoms with Crippen molar-refractivity contribution in [1.29, 1.82) is 5.26 Å². The maximum Gasteiger partial charge on any atom is 0.320 e. The summed E-state index contributed by atoms with van der Waals surface area (Å²) in [6.07, 6.45) is 3.85. The zero-order valence-corrected chi connectivity index (χ0v) is 11.4. The Bertz CT molecular complexity index is 312. The van der Waals surface area contributed by atoms with Gasteiger partial charge in [0, 0.05) is 6.42 Å². The fourth-order valence-corrected chi connectivity index (χ4v) is 1.58. The maximum atomic E-state index is 11.5. The van der Waals surface area contributed by atoms with E-state index in [1.807, 2.05) is 13.1 Å². The molecule has 0 amide bonds. The van der Waals surface area contributed by atoms with Crippen LogP contribution in [-0.2, 0) is 14.3 Å². The monoisotopic (exact) mass is 270 g/mol. The molecule has 1 atom stereocenters. The van der Waals surface area contributed by atoms with Crippen molar-refractivity contribution in [3.05, 3.63) is 0 Å². The minimum atomic E-state index is -1.23. The van der Waals surface area contributed by atoms with E-state index in [0.29, 0.717) is 0 Å². The van der Waals surface area contributed by atoms with Crippen molar-refractivity contribution < 1.29 is 19.4 Å². The van der Waals surface area contributed by atoms with Gasteiger partial charge in [-0.25, -0.2) is 0 Å². The van der Waals surface area contributed by atoms with E-state index >= 15 is 0 Å². The van der Waals surface area contributed by atoms with Crippen molar-refractivity contribution in [2.45, 2.75) is 38.5 Å². The number of carboxylic acid groups (broad SMARTS) is 1. The van der Waals surface area contributed by atoms with Crippen LogP contribution < -0.4 is 5.32 Å². The fourth-order valence-electron chi connectivity index (χ4n) is 1.58. The van der Waals surface area contributed by atoms with Gasteiger partial charge in [-0.1, -0.05) is 12.8 Å². The number of hydrogen-bond donors (Lipinski definition) is 2. The molecular weight excluding hydrogens is 248 g/mol. The Labute approximate surface area is 113 Å². The molecule has 2 N–H and O–H groups in total. The lowest BCUT2D eigenvalue weighted by Gasteiger charge is -2.10. The Kier molecular flexibility index (Phi) is 10.5. The molecular formula is C13H22N2O4. The molecule has 0 saturated heterocycles. The summed E-state index contributed by atoms with van der Waals surface area (Å²) in [7, 11) is 1.90. The summed E-state index contributed by atoms with van der Waals surface area (Å²) in [5, 5.41) is 20.3. The van der Waals surface area contributed by atoms with Gasteiger partial charge in [-0.15, -0.1) is 0 Å². The molecule has 0 saturated carbocycles. The zero-order chi connectivity index (χ0) is 14.5. The topological polar surface area (TPSA) is 99.4 Å². The molecule has 0 bridgehead atoms. The highest BCUT2D eigenvalue weighted by atomic mass is 16.5. The molecule has 0 aromatic heterocycles. The molecule has 0 spiro atoms. The molecule has 0 radical (unpaired) electrons. The second-order valence-corrected chi connectivity index (χ2v) is 4.27. The SMILES string of the molecule is CNCCCCCCOC(=O)C(CCC#N)C(=O)O.